The van der Waals surface area contributed by atoms with Crippen molar-refractivity contribution in [2.24, 2.45) is 5.16 Å². The van der Waals surface area contributed by atoms with Crippen molar-refractivity contribution in [2.75, 3.05) is 6.54 Å². The molecular weight excluding hydrogens is 573 g/mol. The molecule has 1 amide bonds. The van der Waals surface area contributed by atoms with Crippen molar-refractivity contribution in [3.63, 3.8) is 0 Å². The van der Waals surface area contributed by atoms with Crippen molar-refractivity contribution in [3.8, 4) is 0 Å². The molecule has 0 aliphatic rings. The van der Waals surface area contributed by atoms with E-state index in [1.54, 1.807) is 86.3 Å². The highest BCUT2D eigenvalue weighted by Gasteiger charge is 2.32. The molecule has 12 heteroatoms. The van der Waals surface area contributed by atoms with E-state index in [-0.39, 0.29) is 25.3 Å². The van der Waals surface area contributed by atoms with Gasteiger partial charge in [-0.25, -0.2) is 31.5 Å². The number of carbonyl (C=O) groups is 2. The van der Waals surface area contributed by atoms with Crippen molar-refractivity contribution in [2.45, 2.75) is 45.4 Å². The Morgan fingerprint density at radius 1 is 0.884 bits per heavy atom. The second-order valence-corrected chi connectivity index (χ2v) is 10.3. The standard InChI is InChI=1S/C31H30F5N3O4/c1-5-16-39(18-20-14-10-7-11-15-20)28(38-43-29(40)22-23(32)25(34)27(36)26(35)24(22)33)21(17-19-12-8-6-9-13-19)37-30(41)42-31(2,3)4/h5-15,21H,1,16-18H2,2-4H3,(H,37,41)/b38-28-/t21-/m1/s1. The number of ether oxygens (including phenoxy) is 1. The molecule has 0 aromatic heterocycles. The Morgan fingerprint density at radius 3 is 1.91 bits per heavy atom. The van der Waals surface area contributed by atoms with Crippen LogP contribution in [-0.2, 0) is 22.5 Å². The van der Waals surface area contributed by atoms with E-state index in [9.17, 15) is 31.5 Å². The lowest BCUT2D eigenvalue weighted by Gasteiger charge is -2.31. The average Bonchev–Trinajstić information content (AvgIpc) is 2.95. The lowest BCUT2D eigenvalue weighted by Crippen LogP contribution is -2.51. The summed E-state index contributed by atoms with van der Waals surface area (Å²) in [5.74, 6) is -13.9. The number of hydrogen-bond acceptors (Lipinski definition) is 5. The predicted octanol–water partition coefficient (Wildman–Crippen LogP) is 6.68. The summed E-state index contributed by atoms with van der Waals surface area (Å²) in [6.07, 6.45) is 0.712. The van der Waals surface area contributed by atoms with Crippen LogP contribution < -0.4 is 5.32 Å². The first-order valence-electron chi connectivity index (χ1n) is 13.1. The Kier molecular flexibility index (Phi) is 11.0. The topological polar surface area (TPSA) is 80.2 Å². The molecule has 0 saturated carbocycles. The van der Waals surface area contributed by atoms with E-state index >= 15 is 0 Å². The minimum absolute atomic E-state index is 0.0709. The zero-order valence-corrected chi connectivity index (χ0v) is 23.7. The summed E-state index contributed by atoms with van der Waals surface area (Å²) in [5.41, 5.74) is -1.24. The van der Waals surface area contributed by atoms with Gasteiger partial charge in [-0.15, -0.1) is 6.58 Å². The van der Waals surface area contributed by atoms with Crippen LogP contribution in [0.5, 0.6) is 0 Å². The molecule has 43 heavy (non-hydrogen) atoms. The maximum Gasteiger partial charge on any atom is 0.408 e. The van der Waals surface area contributed by atoms with Crippen molar-refractivity contribution in [1.82, 2.24) is 10.2 Å². The van der Waals surface area contributed by atoms with E-state index in [1.165, 1.54) is 6.08 Å². The molecule has 1 N–H and O–H groups in total. The maximum absolute atomic E-state index is 14.4. The van der Waals surface area contributed by atoms with Crippen LogP contribution in [0.15, 0.2) is 78.5 Å². The van der Waals surface area contributed by atoms with Gasteiger partial charge in [-0.2, -0.15) is 0 Å². The Bertz CT molecular complexity index is 1450. The molecule has 0 spiro atoms. The average molecular weight is 604 g/mol. The van der Waals surface area contributed by atoms with E-state index in [0.29, 0.717) is 5.56 Å². The van der Waals surface area contributed by atoms with Gasteiger partial charge in [0, 0.05) is 19.5 Å². The van der Waals surface area contributed by atoms with Gasteiger partial charge in [0.05, 0.1) is 6.04 Å². The predicted molar refractivity (Wildman–Crippen MR) is 149 cm³/mol. The lowest BCUT2D eigenvalue weighted by atomic mass is 10.0. The van der Waals surface area contributed by atoms with E-state index in [2.05, 4.69) is 17.1 Å². The normalized spacial score (nSPS) is 12.3. The molecule has 0 fully saturated rings. The van der Waals surface area contributed by atoms with E-state index in [1.807, 2.05) is 0 Å². The second-order valence-electron chi connectivity index (χ2n) is 10.3. The summed E-state index contributed by atoms with van der Waals surface area (Å²) < 4.78 is 75.3. The van der Waals surface area contributed by atoms with Gasteiger partial charge < -0.3 is 19.8 Å². The molecule has 7 nitrogen and oxygen atoms in total. The smallest absolute Gasteiger partial charge is 0.408 e. The number of hydrogen-bond donors (Lipinski definition) is 1. The summed E-state index contributed by atoms with van der Waals surface area (Å²) in [4.78, 5) is 32.0. The molecule has 0 unspecified atom stereocenters. The van der Waals surface area contributed by atoms with Crippen molar-refractivity contribution in [3.05, 3.63) is 119 Å². The second kappa shape index (κ2) is 14.4. The highest BCUT2D eigenvalue weighted by molar-refractivity contribution is 5.93. The van der Waals surface area contributed by atoms with Crippen LogP contribution in [0.4, 0.5) is 26.7 Å². The minimum atomic E-state index is -2.43. The molecule has 1 atom stereocenters. The number of amides is 1. The summed E-state index contributed by atoms with van der Waals surface area (Å²) in [6, 6.07) is 16.7. The summed E-state index contributed by atoms with van der Waals surface area (Å²) in [6.45, 7) is 8.90. The quantitative estimate of drug-likeness (QED) is 0.0409. The van der Waals surface area contributed by atoms with Gasteiger partial charge in [-0.05, 0) is 31.9 Å². The molecule has 0 heterocycles. The van der Waals surface area contributed by atoms with Gasteiger partial charge in [0.2, 0.25) is 5.82 Å². The van der Waals surface area contributed by atoms with Gasteiger partial charge >= 0.3 is 12.1 Å². The van der Waals surface area contributed by atoms with Crippen LogP contribution in [0, 0.1) is 29.1 Å². The Balaban J connectivity index is 2.12. The van der Waals surface area contributed by atoms with Gasteiger partial charge in [0.1, 0.15) is 11.2 Å². The number of alkyl carbamates (subject to hydrolysis) is 1. The summed E-state index contributed by atoms with van der Waals surface area (Å²) >= 11 is 0. The number of nitrogens with one attached hydrogen (secondary N) is 1. The first kappa shape index (κ1) is 32.8. The van der Waals surface area contributed by atoms with Gasteiger partial charge in [-0.1, -0.05) is 71.9 Å². The highest BCUT2D eigenvalue weighted by Crippen LogP contribution is 2.24. The fourth-order valence-electron chi connectivity index (χ4n) is 3.96. The third kappa shape index (κ3) is 8.87. The first-order valence-corrected chi connectivity index (χ1v) is 13.1. The molecule has 0 radical (unpaired) electrons. The monoisotopic (exact) mass is 603 g/mol. The maximum atomic E-state index is 14.4. The molecule has 228 valence electrons. The highest BCUT2D eigenvalue weighted by atomic mass is 19.2. The largest absolute Gasteiger partial charge is 0.444 e. The summed E-state index contributed by atoms with van der Waals surface area (Å²) in [5, 5.41) is 6.51. The van der Waals surface area contributed by atoms with Crippen LogP contribution in [0.3, 0.4) is 0 Å². The molecule has 0 aliphatic heterocycles. The van der Waals surface area contributed by atoms with Crippen molar-refractivity contribution in [1.29, 1.82) is 0 Å². The zero-order chi connectivity index (χ0) is 31.7. The van der Waals surface area contributed by atoms with Gasteiger partial charge in [0.25, 0.3) is 0 Å². The molecular formula is C31H30F5N3O4. The number of carbonyl (C=O) groups excluding carboxylic acids is 2. The van der Waals surface area contributed by atoms with Crippen LogP contribution >= 0.6 is 0 Å². The Labute approximate surface area is 245 Å². The number of halogens is 5. The molecule has 0 bridgehead atoms. The third-order valence-electron chi connectivity index (χ3n) is 5.81. The van der Waals surface area contributed by atoms with E-state index in [0.717, 1.165) is 5.56 Å². The molecule has 3 aromatic rings. The lowest BCUT2D eigenvalue weighted by molar-refractivity contribution is 0.0488. The van der Waals surface area contributed by atoms with Crippen molar-refractivity contribution >= 4 is 17.9 Å². The van der Waals surface area contributed by atoms with Crippen LogP contribution in [0.1, 0.15) is 42.3 Å². The fourth-order valence-corrected chi connectivity index (χ4v) is 3.96. The molecule has 3 rings (SSSR count). The summed E-state index contributed by atoms with van der Waals surface area (Å²) in [7, 11) is 0. The number of rotatable bonds is 10. The Hall–Kier alpha value is -4.74. The first-order chi connectivity index (χ1) is 20.3. The number of oxime groups is 1. The zero-order valence-electron chi connectivity index (χ0n) is 23.7. The SMILES string of the molecule is C=CCN(Cc1ccccc1)/C(=N\OC(=O)c1c(F)c(F)c(F)c(F)c1F)[C@@H](Cc1ccccc1)NC(=O)OC(C)(C)C. The van der Waals surface area contributed by atoms with Crippen LogP contribution in [0.25, 0.3) is 0 Å². The molecule has 3 aromatic carbocycles. The third-order valence-corrected chi connectivity index (χ3v) is 5.81. The van der Waals surface area contributed by atoms with Crippen LogP contribution in [-0.4, -0.2) is 41.0 Å². The van der Waals surface area contributed by atoms with E-state index in [4.69, 9.17) is 9.57 Å². The van der Waals surface area contributed by atoms with Crippen LogP contribution in [0.2, 0.25) is 0 Å². The number of benzene rings is 3. The minimum Gasteiger partial charge on any atom is -0.444 e. The van der Waals surface area contributed by atoms with Gasteiger partial charge in [-0.3, -0.25) is 0 Å². The van der Waals surface area contributed by atoms with E-state index < -0.39 is 58.4 Å². The molecule has 0 saturated heterocycles. The van der Waals surface area contributed by atoms with Gasteiger partial charge in [0.15, 0.2) is 29.1 Å². The number of nitrogens with zero attached hydrogens (tertiary/aromatic N) is 2. The Morgan fingerprint density at radius 2 is 1.40 bits per heavy atom. The molecule has 0 aliphatic carbocycles. The fraction of sp³-hybridized carbons (Fsp3) is 0.258. The number of amidine groups is 1. The van der Waals surface area contributed by atoms with Crippen molar-refractivity contribution < 1.29 is 41.1 Å².